The Morgan fingerprint density at radius 2 is 1.80 bits per heavy atom. The van der Waals surface area contributed by atoms with Gasteiger partial charge in [0.2, 0.25) is 0 Å². The maximum Gasteiger partial charge on any atom is 0.272 e. The van der Waals surface area contributed by atoms with Gasteiger partial charge in [-0.05, 0) is 24.2 Å². The zero-order valence-electron chi connectivity index (χ0n) is 11.3. The second kappa shape index (κ2) is 3.85. The molecule has 0 aromatic carbocycles. The number of nitrogens with zero attached hydrogens (tertiary/aromatic N) is 1. The Morgan fingerprint density at radius 3 is 2.27 bits per heavy atom. The zero-order chi connectivity index (χ0) is 11.9. The first kappa shape index (κ1) is 12.6. The molecule has 0 saturated heterocycles. The lowest BCUT2D eigenvalue weighted by molar-refractivity contribution is 0.651. The number of hydrogen-bond donors (Lipinski definition) is 0. The van der Waals surface area contributed by atoms with E-state index >= 15 is 0 Å². The molecule has 1 nitrogen and oxygen atoms in total. The van der Waals surface area contributed by atoms with Gasteiger partial charge < -0.3 is 4.48 Å². The van der Waals surface area contributed by atoms with Crippen molar-refractivity contribution in [1.29, 1.82) is 0 Å². The van der Waals surface area contributed by atoms with Crippen molar-refractivity contribution in [2.24, 2.45) is 0 Å². The maximum absolute atomic E-state index is 2.61. The SMILES string of the molecule is CB1C(C)=CC=CN1[Si](C)(C)C(C)(C)C. The fourth-order valence-corrected chi connectivity index (χ4v) is 4.24. The predicted molar refractivity (Wildman–Crippen MR) is 73.6 cm³/mol. The first-order valence-corrected chi connectivity index (χ1v) is 8.76. The fourth-order valence-electron chi connectivity index (χ4n) is 1.83. The molecule has 1 heterocycles. The van der Waals surface area contributed by atoms with Crippen molar-refractivity contribution < 1.29 is 0 Å². The van der Waals surface area contributed by atoms with Crippen molar-refractivity contribution in [3.8, 4) is 0 Å². The topological polar surface area (TPSA) is 3.24 Å². The first-order valence-electron chi connectivity index (χ1n) is 5.81. The summed E-state index contributed by atoms with van der Waals surface area (Å²) in [5, 5.41) is 0.406. The molecule has 0 saturated carbocycles. The van der Waals surface area contributed by atoms with Crippen LogP contribution in [-0.4, -0.2) is 19.6 Å². The number of hydrogen-bond acceptors (Lipinski definition) is 1. The van der Waals surface area contributed by atoms with E-state index in [2.05, 4.69) is 70.4 Å². The fraction of sp³-hybridized carbons (Fsp3) is 0.667. The molecule has 0 fully saturated rings. The van der Waals surface area contributed by atoms with Gasteiger partial charge in [0.1, 0.15) is 8.24 Å². The van der Waals surface area contributed by atoms with Crippen molar-refractivity contribution >= 4 is 15.1 Å². The quantitative estimate of drug-likeness (QED) is 0.606. The van der Waals surface area contributed by atoms with Crippen LogP contribution in [0.4, 0.5) is 0 Å². The lowest BCUT2D eigenvalue weighted by atomic mass is 9.57. The highest BCUT2D eigenvalue weighted by molar-refractivity contribution is 6.87. The summed E-state index contributed by atoms with van der Waals surface area (Å²) in [7, 11) is -1.40. The van der Waals surface area contributed by atoms with Crippen LogP contribution in [-0.2, 0) is 0 Å². The molecule has 0 aromatic rings. The molecule has 0 atom stereocenters. The Hall–Kier alpha value is -0.438. The van der Waals surface area contributed by atoms with Crippen molar-refractivity contribution in [3.05, 3.63) is 23.8 Å². The smallest absolute Gasteiger partial charge is 0.272 e. The van der Waals surface area contributed by atoms with Crippen molar-refractivity contribution in [2.75, 3.05) is 0 Å². The summed E-state index contributed by atoms with van der Waals surface area (Å²) < 4.78 is 2.61. The molecule has 1 rings (SSSR count). The minimum Gasteiger partial charge on any atom is -0.445 e. The molecule has 0 N–H and O–H groups in total. The first-order chi connectivity index (χ1) is 6.68. The van der Waals surface area contributed by atoms with E-state index in [9.17, 15) is 0 Å². The Labute approximate surface area is 96.4 Å². The molecule has 0 spiro atoms. The van der Waals surface area contributed by atoms with Crippen molar-refractivity contribution in [1.82, 2.24) is 4.48 Å². The Bertz CT molecular complexity index is 299. The highest BCUT2D eigenvalue weighted by Gasteiger charge is 2.42. The molecular formula is C12H24BNSi. The maximum atomic E-state index is 2.61. The summed E-state index contributed by atoms with van der Waals surface area (Å²) in [6, 6.07) is 0. The van der Waals surface area contributed by atoms with Gasteiger partial charge in [0, 0.05) is 0 Å². The predicted octanol–water partition coefficient (Wildman–Crippen LogP) is 3.93. The van der Waals surface area contributed by atoms with Gasteiger partial charge in [0.15, 0.2) is 0 Å². The third-order valence-corrected chi connectivity index (χ3v) is 9.66. The van der Waals surface area contributed by atoms with E-state index < -0.39 is 8.24 Å². The molecule has 0 amide bonds. The second-order valence-electron chi connectivity index (χ2n) is 6.14. The molecule has 0 bridgehead atoms. The third-order valence-electron chi connectivity index (χ3n) is 4.16. The molecule has 3 heteroatoms. The van der Waals surface area contributed by atoms with Gasteiger partial charge in [0.05, 0.1) is 0 Å². The van der Waals surface area contributed by atoms with Crippen LogP contribution in [0.15, 0.2) is 23.8 Å². The Kier molecular flexibility index (Phi) is 3.25. The van der Waals surface area contributed by atoms with E-state index in [1.165, 1.54) is 5.47 Å². The minimum atomic E-state index is -1.40. The van der Waals surface area contributed by atoms with Crippen LogP contribution in [0.2, 0.25) is 25.0 Å². The van der Waals surface area contributed by atoms with E-state index in [1.807, 2.05) is 0 Å². The van der Waals surface area contributed by atoms with Crippen molar-refractivity contribution in [3.63, 3.8) is 0 Å². The van der Waals surface area contributed by atoms with E-state index in [0.717, 1.165) is 0 Å². The molecule has 84 valence electrons. The van der Waals surface area contributed by atoms with E-state index in [1.54, 1.807) is 0 Å². The van der Waals surface area contributed by atoms with Crippen LogP contribution >= 0.6 is 0 Å². The molecule has 0 aliphatic carbocycles. The summed E-state index contributed by atoms with van der Waals surface area (Å²) in [6.45, 7) is 17.1. The number of rotatable bonds is 1. The van der Waals surface area contributed by atoms with E-state index in [-0.39, 0.29) is 0 Å². The summed E-state index contributed by atoms with van der Waals surface area (Å²) in [4.78, 5) is 0. The van der Waals surface area contributed by atoms with Gasteiger partial charge in [-0.15, -0.1) is 0 Å². The van der Waals surface area contributed by atoms with E-state index in [4.69, 9.17) is 0 Å². The minimum absolute atomic E-state index is 0.406. The Balaban J connectivity index is 3.00. The lowest BCUT2D eigenvalue weighted by Crippen LogP contribution is -2.58. The standard InChI is InChI=1S/C12H24BNSi/c1-11-9-8-10-14(13(11)5)15(6,7)12(2,3)4/h8-10H,1-7H3. The van der Waals surface area contributed by atoms with Gasteiger partial charge in [-0.25, -0.2) is 0 Å². The van der Waals surface area contributed by atoms with Gasteiger partial charge in [-0.2, -0.15) is 0 Å². The molecule has 15 heavy (non-hydrogen) atoms. The summed E-state index contributed by atoms with van der Waals surface area (Å²) in [5.74, 6) is 0. The van der Waals surface area contributed by atoms with Gasteiger partial charge >= 0.3 is 0 Å². The molecule has 0 aromatic heterocycles. The zero-order valence-corrected chi connectivity index (χ0v) is 12.3. The van der Waals surface area contributed by atoms with Crippen LogP contribution in [0.5, 0.6) is 0 Å². The Morgan fingerprint density at radius 1 is 1.27 bits per heavy atom. The van der Waals surface area contributed by atoms with Gasteiger partial charge in [0.25, 0.3) is 6.85 Å². The summed E-state index contributed by atoms with van der Waals surface area (Å²) in [5.41, 5.74) is 1.47. The van der Waals surface area contributed by atoms with Gasteiger partial charge in [-0.3, -0.25) is 0 Å². The molecule has 0 unspecified atom stereocenters. The van der Waals surface area contributed by atoms with Crippen LogP contribution in [0.3, 0.4) is 0 Å². The average molecular weight is 221 g/mol. The monoisotopic (exact) mass is 221 g/mol. The van der Waals surface area contributed by atoms with Crippen LogP contribution in [0.25, 0.3) is 0 Å². The van der Waals surface area contributed by atoms with Crippen molar-refractivity contribution in [2.45, 2.75) is 52.7 Å². The molecule has 0 radical (unpaired) electrons. The summed E-state index contributed by atoms with van der Waals surface area (Å²) in [6.07, 6.45) is 6.71. The largest absolute Gasteiger partial charge is 0.445 e. The van der Waals surface area contributed by atoms with Crippen LogP contribution in [0, 0.1) is 0 Å². The molecule has 1 aliphatic heterocycles. The highest BCUT2D eigenvalue weighted by atomic mass is 28.3. The van der Waals surface area contributed by atoms with E-state index in [0.29, 0.717) is 11.9 Å². The lowest BCUT2D eigenvalue weighted by Gasteiger charge is -2.49. The van der Waals surface area contributed by atoms with Crippen LogP contribution in [0.1, 0.15) is 27.7 Å². The number of allylic oxidation sites excluding steroid dienone is 3. The highest BCUT2D eigenvalue weighted by Crippen LogP contribution is 2.40. The average Bonchev–Trinajstić information content (AvgIpc) is 2.07. The summed E-state index contributed by atoms with van der Waals surface area (Å²) >= 11 is 0. The van der Waals surface area contributed by atoms with Crippen LogP contribution < -0.4 is 0 Å². The normalized spacial score (nSPS) is 18.2. The second-order valence-corrected chi connectivity index (χ2v) is 11.3. The van der Waals surface area contributed by atoms with Gasteiger partial charge in [-0.1, -0.05) is 52.2 Å². The molecule has 1 aliphatic rings. The molecular weight excluding hydrogens is 197 g/mol. The third kappa shape index (κ3) is 2.22.